The molecular formula is C26H24N2O3. The van der Waals surface area contributed by atoms with Gasteiger partial charge in [0.15, 0.2) is 5.76 Å². The lowest BCUT2D eigenvalue weighted by molar-refractivity contribution is 0.0566. The summed E-state index contributed by atoms with van der Waals surface area (Å²) in [7, 11) is 0. The molecular weight excluding hydrogens is 388 g/mol. The van der Waals surface area contributed by atoms with Crippen molar-refractivity contribution in [1.29, 1.82) is 0 Å². The highest BCUT2D eigenvalue weighted by molar-refractivity contribution is 5.92. The Morgan fingerprint density at radius 2 is 1.81 bits per heavy atom. The fourth-order valence-corrected chi connectivity index (χ4v) is 4.06. The quantitative estimate of drug-likeness (QED) is 0.445. The highest BCUT2D eigenvalue weighted by atomic mass is 16.5. The Hall–Kier alpha value is -3.60. The molecule has 0 aliphatic carbocycles. The fraction of sp³-hybridized carbons (Fsp3) is 0.231. The lowest BCUT2D eigenvalue weighted by Gasteiger charge is -2.31. The number of carbonyl (C=O) groups excluding carboxylic acids is 1. The molecule has 31 heavy (non-hydrogen) atoms. The molecule has 3 heterocycles. The number of hydrogen-bond donors (Lipinski definition) is 0. The third kappa shape index (κ3) is 4.04. The SMILES string of the molecule is Cc1ccoc1C(=O)N1CCC(Oc2ccc(-c3cnc4ccccc4c3)cc2)CC1. The highest BCUT2D eigenvalue weighted by Crippen LogP contribution is 2.26. The maximum absolute atomic E-state index is 12.6. The summed E-state index contributed by atoms with van der Waals surface area (Å²) in [4.78, 5) is 19.0. The number of rotatable bonds is 4. The molecule has 1 fully saturated rings. The van der Waals surface area contributed by atoms with Crippen LogP contribution in [0.1, 0.15) is 29.0 Å². The first-order valence-corrected chi connectivity index (χ1v) is 10.6. The number of likely N-dealkylation sites (tertiary alicyclic amines) is 1. The average molecular weight is 412 g/mol. The molecule has 0 saturated carbocycles. The van der Waals surface area contributed by atoms with E-state index in [4.69, 9.17) is 9.15 Å². The predicted molar refractivity (Wildman–Crippen MR) is 120 cm³/mol. The van der Waals surface area contributed by atoms with Crippen LogP contribution in [0.2, 0.25) is 0 Å². The maximum Gasteiger partial charge on any atom is 0.289 e. The van der Waals surface area contributed by atoms with E-state index in [1.165, 1.54) is 0 Å². The zero-order valence-electron chi connectivity index (χ0n) is 17.5. The normalized spacial score (nSPS) is 14.7. The van der Waals surface area contributed by atoms with Crippen LogP contribution in [0.4, 0.5) is 0 Å². The van der Waals surface area contributed by atoms with E-state index in [1.807, 2.05) is 54.4 Å². The number of aryl methyl sites for hydroxylation is 1. The van der Waals surface area contributed by atoms with Crippen LogP contribution in [0.3, 0.4) is 0 Å². The zero-order chi connectivity index (χ0) is 21.2. The summed E-state index contributed by atoms with van der Waals surface area (Å²) in [6.45, 7) is 3.24. The van der Waals surface area contributed by atoms with Crippen molar-refractivity contribution in [1.82, 2.24) is 9.88 Å². The van der Waals surface area contributed by atoms with Crippen LogP contribution in [0.15, 0.2) is 77.5 Å². The van der Waals surface area contributed by atoms with Gasteiger partial charge in [-0.1, -0.05) is 30.3 Å². The highest BCUT2D eigenvalue weighted by Gasteiger charge is 2.27. The van der Waals surface area contributed by atoms with Crippen LogP contribution in [0.5, 0.6) is 5.75 Å². The largest absolute Gasteiger partial charge is 0.490 e. The second kappa shape index (κ2) is 8.26. The van der Waals surface area contributed by atoms with Crippen LogP contribution in [-0.4, -0.2) is 35.0 Å². The lowest BCUT2D eigenvalue weighted by Crippen LogP contribution is -2.41. The fourth-order valence-electron chi connectivity index (χ4n) is 4.06. The summed E-state index contributed by atoms with van der Waals surface area (Å²) in [5, 5.41) is 1.13. The van der Waals surface area contributed by atoms with Gasteiger partial charge in [-0.2, -0.15) is 0 Å². The van der Waals surface area contributed by atoms with Gasteiger partial charge in [0.2, 0.25) is 0 Å². The van der Waals surface area contributed by atoms with E-state index in [-0.39, 0.29) is 12.0 Å². The topological polar surface area (TPSA) is 55.6 Å². The third-order valence-corrected chi connectivity index (χ3v) is 5.87. The number of carbonyl (C=O) groups is 1. The number of para-hydroxylation sites is 1. The van der Waals surface area contributed by atoms with Crippen molar-refractivity contribution in [3.05, 3.63) is 84.4 Å². The van der Waals surface area contributed by atoms with E-state index in [9.17, 15) is 4.79 Å². The minimum absolute atomic E-state index is 0.0331. The van der Waals surface area contributed by atoms with Crippen LogP contribution in [0.25, 0.3) is 22.0 Å². The second-order valence-electron chi connectivity index (χ2n) is 7.98. The second-order valence-corrected chi connectivity index (χ2v) is 7.98. The van der Waals surface area contributed by atoms with Crippen molar-refractivity contribution in [3.63, 3.8) is 0 Å². The molecule has 5 rings (SSSR count). The molecule has 5 heteroatoms. The van der Waals surface area contributed by atoms with Crippen LogP contribution in [0, 0.1) is 6.92 Å². The third-order valence-electron chi connectivity index (χ3n) is 5.87. The predicted octanol–water partition coefficient (Wildman–Crippen LogP) is 5.49. The number of pyridine rings is 1. The number of furan rings is 1. The van der Waals surface area contributed by atoms with Gasteiger partial charge in [0, 0.05) is 48.6 Å². The van der Waals surface area contributed by atoms with Crippen LogP contribution in [-0.2, 0) is 0 Å². The van der Waals surface area contributed by atoms with E-state index in [2.05, 4.69) is 29.2 Å². The smallest absolute Gasteiger partial charge is 0.289 e. The number of hydrogen-bond acceptors (Lipinski definition) is 4. The van der Waals surface area contributed by atoms with Gasteiger partial charge in [-0.05, 0) is 42.8 Å². The van der Waals surface area contributed by atoms with Gasteiger partial charge >= 0.3 is 0 Å². The van der Waals surface area contributed by atoms with E-state index in [1.54, 1.807) is 6.26 Å². The Bertz CT molecular complexity index is 1200. The summed E-state index contributed by atoms with van der Waals surface area (Å²) in [6.07, 6.45) is 5.20. The Balaban J connectivity index is 1.20. The van der Waals surface area contributed by atoms with E-state index < -0.39 is 0 Å². The van der Waals surface area contributed by atoms with Gasteiger partial charge in [-0.3, -0.25) is 9.78 Å². The zero-order valence-corrected chi connectivity index (χ0v) is 17.5. The van der Waals surface area contributed by atoms with E-state index in [0.717, 1.165) is 46.2 Å². The molecule has 1 aliphatic heterocycles. The Labute approximate surface area is 181 Å². The minimum Gasteiger partial charge on any atom is -0.490 e. The first-order chi connectivity index (χ1) is 15.2. The molecule has 1 amide bonds. The van der Waals surface area contributed by atoms with Gasteiger partial charge in [0.25, 0.3) is 5.91 Å². The Morgan fingerprint density at radius 1 is 1.03 bits per heavy atom. The van der Waals surface area contributed by atoms with E-state index in [0.29, 0.717) is 18.8 Å². The maximum atomic E-state index is 12.6. The molecule has 4 aromatic rings. The number of piperidine rings is 1. The molecule has 0 spiro atoms. The van der Waals surface area contributed by atoms with Crippen molar-refractivity contribution in [2.24, 2.45) is 0 Å². The average Bonchev–Trinajstić information content (AvgIpc) is 3.25. The van der Waals surface area contributed by atoms with Gasteiger partial charge in [-0.15, -0.1) is 0 Å². The molecule has 0 unspecified atom stereocenters. The van der Waals surface area contributed by atoms with Crippen LogP contribution < -0.4 is 4.74 Å². The molecule has 1 aliphatic rings. The molecule has 5 nitrogen and oxygen atoms in total. The summed E-state index contributed by atoms with van der Waals surface area (Å²) < 4.78 is 11.5. The monoisotopic (exact) mass is 412 g/mol. The lowest BCUT2D eigenvalue weighted by atomic mass is 10.0. The van der Waals surface area contributed by atoms with E-state index >= 15 is 0 Å². The number of benzene rings is 2. The van der Waals surface area contributed by atoms with Crippen molar-refractivity contribution < 1.29 is 13.9 Å². The summed E-state index contributed by atoms with van der Waals surface area (Å²) >= 11 is 0. The minimum atomic E-state index is -0.0331. The Morgan fingerprint density at radius 3 is 2.55 bits per heavy atom. The number of aromatic nitrogens is 1. The molecule has 156 valence electrons. The molecule has 0 N–H and O–H groups in total. The number of nitrogens with zero attached hydrogens (tertiary/aromatic N) is 2. The van der Waals surface area contributed by atoms with Gasteiger partial charge in [0.05, 0.1) is 11.8 Å². The van der Waals surface area contributed by atoms with Crippen molar-refractivity contribution in [2.45, 2.75) is 25.9 Å². The number of ether oxygens (including phenoxy) is 1. The molecule has 1 saturated heterocycles. The van der Waals surface area contributed by atoms with Gasteiger partial charge in [0.1, 0.15) is 11.9 Å². The first-order valence-electron chi connectivity index (χ1n) is 10.6. The number of fused-ring (bicyclic) bond motifs is 1. The summed E-state index contributed by atoms with van der Waals surface area (Å²) in [6, 6.07) is 20.3. The first kappa shape index (κ1) is 19.4. The molecule has 0 bridgehead atoms. The summed E-state index contributed by atoms with van der Waals surface area (Å²) in [5.74, 6) is 1.26. The van der Waals surface area contributed by atoms with Gasteiger partial charge < -0.3 is 14.1 Å². The summed E-state index contributed by atoms with van der Waals surface area (Å²) in [5.41, 5.74) is 4.08. The number of amides is 1. The Kier molecular flexibility index (Phi) is 5.16. The molecule has 2 aromatic heterocycles. The van der Waals surface area contributed by atoms with Crippen LogP contribution >= 0.6 is 0 Å². The molecule has 2 aromatic carbocycles. The molecule has 0 atom stereocenters. The molecule has 0 radical (unpaired) electrons. The standard InChI is InChI=1S/C26H24N2O3/c1-18-12-15-30-25(18)26(29)28-13-10-23(11-14-28)31-22-8-6-19(7-9-22)21-16-20-4-2-3-5-24(20)27-17-21/h2-9,12,15-17,23H,10-11,13-14H2,1H3. The van der Waals surface area contributed by atoms with Crippen molar-refractivity contribution >= 4 is 16.8 Å². The van der Waals surface area contributed by atoms with Crippen molar-refractivity contribution in [3.8, 4) is 16.9 Å². The van der Waals surface area contributed by atoms with Gasteiger partial charge in [-0.25, -0.2) is 0 Å². The van der Waals surface area contributed by atoms with Crippen molar-refractivity contribution in [2.75, 3.05) is 13.1 Å².